The highest BCUT2D eigenvalue weighted by Crippen LogP contribution is 2.27. The summed E-state index contributed by atoms with van der Waals surface area (Å²) in [6, 6.07) is 15.8. The van der Waals surface area contributed by atoms with E-state index >= 15 is 0 Å². The van der Waals surface area contributed by atoms with Crippen LogP contribution in [0.4, 0.5) is 0 Å². The highest BCUT2D eigenvalue weighted by molar-refractivity contribution is 5.78. The molecule has 5 aromatic rings. The number of rotatable bonds is 7. The largest absolute Gasteiger partial charge is 0.446 e. The molecule has 0 atom stereocenters. The summed E-state index contributed by atoms with van der Waals surface area (Å²) in [4.78, 5) is 18.2. The number of benzene rings is 2. The minimum Gasteiger partial charge on any atom is -0.446 e. The van der Waals surface area contributed by atoms with E-state index in [0.29, 0.717) is 17.8 Å². The van der Waals surface area contributed by atoms with Crippen molar-refractivity contribution in [3.05, 3.63) is 88.4 Å². The fraction of sp³-hybridized carbons (Fsp3) is 0.240. The van der Waals surface area contributed by atoms with E-state index in [4.69, 9.17) is 9.40 Å². The Morgan fingerprint density at radius 1 is 1.06 bits per heavy atom. The van der Waals surface area contributed by atoms with Crippen molar-refractivity contribution in [3.63, 3.8) is 0 Å². The second kappa shape index (κ2) is 8.82. The maximum Gasteiger partial charge on any atom is 0.261 e. The van der Waals surface area contributed by atoms with Crippen LogP contribution in [-0.4, -0.2) is 29.8 Å². The van der Waals surface area contributed by atoms with Gasteiger partial charge in [0.15, 0.2) is 0 Å². The lowest BCUT2D eigenvalue weighted by Crippen LogP contribution is -2.26. The number of hydrogen-bond donors (Lipinski definition) is 0. The molecule has 0 saturated carbocycles. The van der Waals surface area contributed by atoms with Crippen molar-refractivity contribution in [1.82, 2.24) is 29.8 Å². The summed E-state index contributed by atoms with van der Waals surface area (Å²) >= 11 is 0. The van der Waals surface area contributed by atoms with Crippen LogP contribution < -0.4 is 5.56 Å². The van der Waals surface area contributed by atoms with Gasteiger partial charge in [-0.15, -0.1) is 5.10 Å². The molecule has 166 valence electrons. The van der Waals surface area contributed by atoms with Crippen molar-refractivity contribution in [2.24, 2.45) is 0 Å². The molecular formula is C25H24N6O2. The summed E-state index contributed by atoms with van der Waals surface area (Å²) in [7, 11) is 0. The first kappa shape index (κ1) is 20.8. The first-order valence-electron chi connectivity index (χ1n) is 11.0. The molecule has 0 amide bonds. The van der Waals surface area contributed by atoms with E-state index in [1.54, 1.807) is 6.26 Å². The van der Waals surface area contributed by atoms with Gasteiger partial charge in [-0.25, -0.2) is 4.98 Å². The molecule has 0 fully saturated rings. The van der Waals surface area contributed by atoms with Gasteiger partial charge >= 0.3 is 0 Å². The van der Waals surface area contributed by atoms with E-state index in [1.165, 1.54) is 11.0 Å². The van der Waals surface area contributed by atoms with Gasteiger partial charge in [0.2, 0.25) is 5.88 Å². The standard InChI is InChI=1S/C25H24N6O2/c1-3-4-5-23-27-22-11-6-17(2)14-21(22)24(32)30(23)15-18-7-9-19(10-8-18)20-12-13-33-25(20)31-16-26-28-29-31/h6-14,16H,3-5,15H2,1-2H3. The van der Waals surface area contributed by atoms with Crippen LogP contribution >= 0.6 is 0 Å². The molecule has 8 heteroatoms. The van der Waals surface area contributed by atoms with Crippen molar-refractivity contribution in [2.45, 2.75) is 39.7 Å². The third kappa shape index (κ3) is 4.07. The normalized spacial score (nSPS) is 11.3. The van der Waals surface area contributed by atoms with Crippen molar-refractivity contribution >= 4 is 10.9 Å². The molecule has 2 aromatic carbocycles. The zero-order valence-electron chi connectivity index (χ0n) is 18.6. The number of nitrogens with zero attached hydrogens (tertiary/aromatic N) is 6. The van der Waals surface area contributed by atoms with Gasteiger partial charge in [0.05, 0.1) is 23.7 Å². The van der Waals surface area contributed by atoms with Gasteiger partial charge in [0.25, 0.3) is 5.56 Å². The van der Waals surface area contributed by atoms with Crippen molar-refractivity contribution in [1.29, 1.82) is 0 Å². The summed E-state index contributed by atoms with van der Waals surface area (Å²) < 4.78 is 8.88. The van der Waals surface area contributed by atoms with Gasteiger partial charge in [0.1, 0.15) is 12.2 Å². The minimum atomic E-state index is 0.00897. The molecule has 0 aliphatic carbocycles. The quantitative estimate of drug-likeness (QED) is 0.374. The number of hydrogen-bond acceptors (Lipinski definition) is 6. The summed E-state index contributed by atoms with van der Waals surface area (Å²) in [5.41, 5.74) is 4.71. The molecule has 33 heavy (non-hydrogen) atoms. The molecule has 3 heterocycles. The average Bonchev–Trinajstić information content (AvgIpc) is 3.53. The molecule has 0 unspecified atom stereocenters. The van der Waals surface area contributed by atoms with Crippen LogP contribution in [0.3, 0.4) is 0 Å². The molecule has 0 bridgehead atoms. The van der Waals surface area contributed by atoms with Crippen molar-refractivity contribution in [2.75, 3.05) is 0 Å². The smallest absolute Gasteiger partial charge is 0.261 e. The molecule has 0 aliphatic rings. The van der Waals surface area contributed by atoms with Crippen LogP contribution in [0.25, 0.3) is 27.9 Å². The molecule has 0 N–H and O–H groups in total. The van der Waals surface area contributed by atoms with E-state index in [9.17, 15) is 4.79 Å². The van der Waals surface area contributed by atoms with Crippen LogP contribution in [0.15, 0.2) is 70.3 Å². The first-order chi connectivity index (χ1) is 16.1. The second-order valence-electron chi connectivity index (χ2n) is 8.13. The fourth-order valence-electron chi connectivity index (χ4n) is 3.99. The SMILES string of the molecule is CCCCc1nc2ccc(C)cc2c(=O)n1Cc1ccc(-c2ccoc2-n2cnnn2)cc1. The first-order valence-corrected chi connectivity index (χ1v) is 11.0. The van der Waals surface area contributed by atoms with E-state index in [2.05, 4.69) is 22.4 Å². The fourth-order valence-corrected chi connectivity index (χ4v) is 3.99. The molecule has 3 aromatic heterocycles. The summed E-state index contributed by atoms with van der Waals surface area (Å²) in [5, 5.41) is 11.9. The number of unbranched alkanes of at least 4 members (excludes halogenated alkanes) is 1. The van der Waals surface area contributed by atoms with E-state index < -0.39 is 0 Å². The monoisotopic (exact) mass is 440 g/mol. The number of aromatic nitrogens is 6. The molecule has 0 radical (unpaired) electrons. The lowest BCUT2D eigenvalue weighted by atomic mass is 10.1. The molecule has 5 rings (SSSR count). The predicted octanol–water partition coefficient (Wildman–Crippen LogP) is 4.33. The topological polar surface area (TPSA) is 91.6 Å². The zero-order chi connectivity index (χ0) is 22.8. The molecular weight excluding hydrogens is 416 g/mol. The molecule has 8 nitrogen and oxygen atoms in total. The Bertz CT molecular complexity index is 1450. The number of fused-ring (bicyclic) bond motifs is 1. The highest BCUT2D eigenvalue weighted by Gasteiger charge is 2.14. The lowest BCUT2D eigenvalue weighted by molar-refractivity contribution is 0.518. The van der Waals surface area contributed by atoms with Gasteiger partial charge < -0.3 is 4.42 Å². The second-order valence-corrected chi connectivity index (χ2v) is 8.13. The Labute approximate surface area is 190 Å². The Hall–Kier alpha value is -4.07. The number of furan rings is 1. The Morgan fingerprint density at radius 3 is 2.67 bits per heavy atom. The van der Waals surface area contributed by atoms with E-state index in [1.807, 2.05) is 60.0 Å². The summed E-state index contributed by atoms with van der Waals surface area (Å²) in [6.07, 6.45) is 5.92. The average molecular weight is 441 g/mol. The maximum atomic E-state index is 13.4. The highest BCUT2D eigenvalue weighted by atomic mass is 16.3. The van der Waals surface area contributed by atoms with Gasteiger partial charge in [-0.2, -0.15) is 4.68 Å². The van der Waals surface area contributed by atoms with E-state index in [-0.39, 0.29) is 5.56 Å². The van der Waals surface area contributed by atoms with Gasteiger partial charge in [-0.1, -0.05) is 49.2 Å². The molecule has 0 spiro atoms. The van der Waals surface area contributed by atoms with Crippen molar-refractivity contribution < 1.29 is 4.42 Å². The number of tetrazole rings is 1. The molecule has 0 saturated heterocycles. The Balaban J connectivity index is 1.49. The summed E-state index contributed by atoms with van der Waals surface area (Å²) in [5.74, 6) is 1.39. The van der Waals surface area contributed by atoms with Gasteiger partial charge in [-0.05, 0) is 53.1 Å². The third-order valence-electron chi connectivity index (χ3n) is 5.75. The van der Waals surface area contributed by atoms with Crippen molar-refractivity contribution in [3.8, 4) is 17.0 Å². The van der Waals surface area contributed by atoms with Crippen LogP contribution in [0, 0.1) is 6.92 Å². The van der Waals surface area contributed by atoms with Crippen LogP contribution in [-0.2, 0) is 13.0 Å². The summed E-state index contributed by atoms with van der Waals surface area (Å²) in [6.45, 7) is 4.61. The predicted molar refractivity (Wildman–Crippen MR) is 125 cm³/mol. The van der Waals surface area contributed by atoms with Crippen LogP contribution in [0.1, 0.15) is 36.7 Å². The van der Waals surface area contributed by atoms with Crippen LogP contribution in [0.2, 0.25) is 0 Å². The van der Waals surface area contributed by atoms with Gasteiger partial charge in [0, 0.05) is 12.0 Å². The minimum absolute atomic E-state index is 0.00897. The molecule has 0 aliphatic heterocycles. The van der Waals surface area contributed by atoms with Gasteiger partial charge in [-0.3, -0.25) is 9.36 Å². The number of aryl methyl sites for hydroxylation is 2. The van der Waals surface area contributed by atoms with E-state index in [0.717, 1.165) is 52.9 Å². The lowest BCUT2D eigenvalue weighted by Gasteiger charge is -2.14. The third-order valence-corrected chi connectivity index (χ3v) is 5.75. The maximum absolute atomic E-state index is 13.4. The Kier molecular flexibility index (Phi) is 5.56. The van der Waals surface area contributed by atoms with Crippen LogP contribution in [0.5, 0.6) is 0 Å². The Morgan fingerprint density at radius 2 is 1.91 bits per heavy atom. The zero-order valence-corrected chi connectivity index (χ0v) is 18.6.